The molecular weight excluding hydrogens is 326 g/mol. The van der Waals surface area contributed by atoms with Crippen LogP contribution in [-0.4, -0.2) is 31.3 Å². The van der Waals surface area contributed by atoms with E-state index in [1.54, 1.807) is 29.9 Å². The first kappa shape index (κ1) is 17.8. The Morgan fingerprint density at radius 1 is 1.38 bits per heavy atom. The van der Waals surface area contributed by atoms with Crippen LogP contribution in [0.5, 0.6) is 0 Å². The Bertz CT molecular complexity index is 770. The minimum absolute atomic E-state index is 0.178. The van der Waals surface area contributed by atoms with Gasteiger partial charge in [0.15, 0.2) is 12.2 Å². The molecule has 0 aliphatic rings. The molecule has 3 aromatic heterocycles. The van der Waals surface area contributed by atoms with Gasteiger partial charge in [0.05, 0.1) is 10.4 Å². The average molecular weight is 348 g/mol. The van der Waals surface area contributed by atoms with Gasteiger partial charge in [0.2, 0.25) is 5.51 Å². The minimum Gasteiger partial charge on any atom is -0.396 e. The van der Waals surface area contributed by atoms with E-state index in [-0.39, 0.29) is 6.61 Å². The zero-order valence-electron chi connectivity index (χ0n) is 13.8. The van der Waals surface area contributed by atoms with E-state index in [0.29, 0.717) is 24.6 Å². The van der Waals surface area contributed by atoms with Crippen LogP contribution in [0.25, 0.3) is 0 Å². The van der Waals surface area contributed by atoms with E-state index in [1.807, 2.05) is 19.4 Å². The van der Waals surface area contributed by atoms with Crippen LogP contribution in [0.15, 0.2) is 30.4 Å². The van der Waals surface area contributed by atoms with Crippen molar-refractivity contribution < 1.29 is 9.67 Å². The lowest BCUT2D eigenvalue weighted by Crippen LogP contribution is -2.35. The van der Waals surface area contributed by atoms with Gasteiger partial charge in [-0.3, -0.25) is 4.68 Å². The Balaban J connectivity index is 0.000000292. The number of nitrogens with zero attached hydrogens (tertiary/aromatic N) is 5. The van der Waals surface area contributed by atoms with E-state index in [0.717, 1.165) is 11.3 Å². The number of rotatable bonds is 4. The monoisotopic (exact) mass is 348 g/mol. The smallest absolute Gasteiger partial charge is 0.225 e. The Labute approximate surface area is 144 Å². The molecule has 0 atom stereocenters. The molecule has 3 rings (SSSR count). The minimum atomic E-state index is 0.178. The van der Waals surface area contributed by atoms with Crippen LogP contribution < -0.4 is 16.1 Å². The predicted octanol–water partition coefficient (Wildman–Crippen LogP) is 0.205. The summed E-state index contributed by atoms with van der Waals surface area (Å²) in [5, 5.41) is 8.98. The molecule has 0 aliphatic carbocycles. The average Bonchev–Trinajstić information content (AvgIpc) is 3.15. The number of thiazole rings is 1. The molecule has 0 saturated heterocycles. The van der Waals surface area contributed by atoms with Gasteiger partial charge in [-0.2, -0.15) is 4.57 Å². The Kier molecular flexibility index (Phi) is 6.21. The number of hydrogen-bond acceptors (Lipinski definition) is 7. The number of imidazole rings is 1. The van der Waals surface area contributed by atoms with E-state index >= 15 is 0 Å². The van der Waals surface area contributed by atoms with Crippen LogP contribution in [0.2, 0.25) is 0 Å². The largest absolute Gasteiger partial charge is 0.396 e. The molecular formula is C15H22N7OS+. The van der Waals surface area contributed by atoms with Gasteiger partial charge in [-0.05, 0) is 6.92 Å². The molecule has 128 valence electrons. The number of nitrogens with two attached hydrogens (primary N) is 2. The van der Waals surface area contributed by atoms with Gasteiger partial charge in [0.1, 0.15) is 18.0 Å². The molecule has 9 heteroatoms. The third kappa shape index (κ3) is 4.74. The van der Waals surface area contributed by atoms with Crippen LogP contribution in [0.1, 0.15) is 22.0 Å². The molecule has 5 N–H and O–H groups in total. The highest BCUT2D eigenvalue weighted by Gasteiger charge is 2.16. The van der Waals surface area contributed by atoms with Gasteiger partial charge in [-0.1, -0.05) is 11.3 Å². The van der Waals surface area contributed by atoms with Gasteiger partial charge in [0, 0.05) is 38.5 Å². The fraction of sp³-hybridized carbons (Fsp3) is 0.333. The first-order chi connectivity index (χ1) is 11.5. The molecule has 24 heavy (non-hydrogen) atoms. The van der Waals surface area contributed by atoms with Crippen LogP contribution >= 0.6 is 11.3 Å². The number of aryl methyl sites for hydroxylation is 1. The summed E-state index contributed by atoms with van der Waals surface area (Å²) in [6.07, 6.45) is 7.29. The molecule has 0 unspecified atom stereocenters. The maximum Gasteiger partial charge on any atom is 0.225 e. The maximum absolute atomic E-state index is 8.98. The first-order valence-electron chi connectivity index (χ1n) is 7.39. The SMILES string of the molecule is Cc1ncc(C[n+]2csc(CCO)c2C)c(N)n1.Nn1ccnc1. The van der Waals surface area contributed by atoms with Crippen molar-refractivity contribution in [3.63, 3.8) is 0 Å². The van der Waals surface area contributed by atoms with Gasteiger partial charge in [-0.15, -0.1) is 0 Å². The Morgan fingerprint density at radius 3 is 2.71 bits per heavy atom. The fourth-order valence-electron chi connectivity index (χ4n) is 2.04. The van der Waals surface area contributed by atoms with Gasteiger partial charge >= 0.3 is 0 Å². The summed E-state index contributed by atoms with van der Waals surface area (Å²) in [5.41, 5.74) is 10.0. The predicted molar refractivity (Wildman–Crippen MR) is 92.7 cm³/mol. The van der Waals surface area contributed by atoms with Crippen LogP contribution in [0.4, 0.5) is 5.82 Å². The number of hydrogen-bond donors (Lipinski definition) is 3. The van der Waals surface area contributed by atoms with Crippen LogP contribution in [0.3, 0.4) is 0 Å². The van der Waals surface area contributed by atoms with E-state index < -0.39 is 0 Å². The molecule has 0 bridgehead atoms. The fourth-order valence-corrected chi connectivity index (χ4v) is 3.02. The molecule has 8 nitrogen and oxygen atoms in total. The number of aliphatic hydroxyl groups excluding tert-OH is 1. The molecule has 0 radical (unpaired) electrons. The van der Waals surface area contributed by atoms with E-state index in [4.69, 9.17) is 16.7 Å². The summed E-state index contributed by atoms with van der Waals surface area (Å²) in [6.45, 7) is 4.71. The standard InChI is InChI=1S/C12H17N4OS.C3H5N3/c1-8-11(3-4-17)18-7-16(8)6-10-5-14-9(2)15-12(10)13;4-6-2-1-5-3-6/h5,7,17H,3-4,6H2,1-2H3,(H2,13,14,15);1-3H,4H2/q+1;. The highest BCUT2D eigenvalue weighted by atomic mass is 32.1. The summed E-state index contributed by atoms with van der Waals surface area (Å²) in [5.74, 6) is 6.35. The van der Waals surface area contributed by atoms with Crippen molar-refractivity contribution in [2.24, 2.45) is 0 Å². The molecule has 0 saturated carbocycles. The Morgan fingerprint density at radius 2 is 2.17 bits per heavy atom. The molecule has 3 aromatic rings. The van der Waals surface area contributed by atoms with Gasteiger partial charge < -0.3 is 16.7 Å². The quantitative estimate of drug-likeness (QED) is 0.458. The van der Waals surface area contributed by atoms with Crippen molar-refractivity contribution >= 4 is 17.2 Å². The molecule has 0 spiro atoms. The zero-order valence-corrected chi connectivity index (χ0v) is 14.6. The first-order valence-corrected chi connectivity index (χ1v) is 8.27. The summed E-state index contributed by atoms with van der Waals surface area (Å²) in [6, 6.07) is 0. The van der Waals surface area contributed by atoms with Crippen molar-refractivity contribution in [2.75, 3.05) is 18.2 Å². The third-order valence-corrected chi connectivity index (χ3v) is 4.52. The van der Waals surface area contributed by atoms with Crippen LogP contribution in [-0.2, 0) is 13.0 Å². The van der Waals surface area contributed by atoms with Crippen molar-refractivity contribution in [3.05, 3.63) is 52.4 Å². The van der Waals surface area contributed by atoms with Crippen molar-refractivity contribution in [1.82, 2.24) is 19.6 Å². The molecule has 0 amide bonds. The van der Waals surface area contributed by atoms with Gasteiger partial charge in [-0.25, -0.2) is 15.0 Å². The molecule has 0 fully saturated rings. The number of aromatic nitrogens is 5. The topological polar surface area (TPSA) is 120 Å². The molecule has 3 heterocycles. The van der Waals surface area contributed by atoms with Gasteiger partial charge in [0.25, 0.3) is 0 Å². The van der Waals surface area contributed by atoms with E-state index in [9.17, 15) is 0 Å². The summed E-state index contributed by atoms with van der Waals surface area (Å²) in [7, 11) is 0. The Hall–Kier alpha value is -2.52. The molecule has 0 aliphatic heterocycles. The van der Waals surface area contributed by atoms with E-state index in [2.05, 4.69) is 19.5 Å². The summed E-state index contributed by atoms with van der Waals surface area (Å²) >= 11 is 1.65. The van der Waals surface area contributed by atoms with Crippen molar-refractivity contribution in [3.8, 4) is 0 Å². The third-order valence-electron chi connectivity index (χ3n) is 3.38. The van der Waals surface area contributed by atoms with E-state index in [1.165, 1.54) is 15.9 Å². The lowest BCUT2D eigenvalue weighted by Gasteiger charge is -2.01. The second kappa shape index (κ2) is 8.37. The second-order valence-corrected chi connectivity index (χ2v) is 6.11. The highest BCUT2D eigenvalue weighted by molar-refractivity contribution is 7.09. The number of nitrogen functional groups attached to an aromatic ring is 2. The maximum atomic E-state index is 8.98. The lowest BCUT2D eigenvalue weighted by atomic mass is 10.2. The number of anilines is 1. The highest BCUT2D eigenvalue weighted by Crippen LogP contribution is 2.13. The zero-order chi connectivity index (χ0) is 17.5. The lowest BCUT2D eigenvalue weighted by molar-refractivity contribution is -0.689. The number of aliphatic hydroxyl groups is 1. The second-order valence-electron chi connectivity index (χ2n) is 5.17. The summed E-state index contributed by atoms with van der Waals surface area (Å²) < 4.78 is 3.50. The van der Waals surface area contributed by atoms with Crippen molar-refractivity contribution in [2.45, 2.75) is 26.8 Å². The summed E-state index contributed by atoms with van der Waals surface area (Å²) in [4.78, 5) is 13.2. The van der Waals surface area contributed by atoms with Crippen LogP contribution in [0, 0.1) is 13.8 Å². The molecule has 0 aromatic carbocycles. The van der Waals surface area contributed by atoms with Crippen molar-refractivity contribution in [1.29, 1.82) is 0 Å². The normalized spacial score (nSPS) is 10.3.